The van der Waals surface area contributed by atoms with Gasteiger partial charge in [-0.3, -0.25) is 9.59 Å². The Hall–Kier alpha value is -3.22. The second-order valence-electron chi connectivity index (χ2n) is 7.95. The quantitative estimate of drug-likeness (QED) is 0.825. The van der Waals surface area contributed by atoms with E-state index in [4.69, 9.17) is 9.47 Å². The molecule has 1 atom stereocenters. The Morgan fingerprint density at radius 2 is 1.87 bits per heavy atom. The number of anilines is 2. The molecule has 0 radical (unpaired) electrons. The van der Waals surface area contributed by atoms with E-state index in [0.717, 1.165) is 42.1 Å². The van der Waals surface area contributed by atoms with E-state index in [2.05, 4.69) is 16.3 Å². The van der Waals surface area contributed by atoms with Crippen LogP contribution in [0.5, 0.6) is 11.5 Å². The number of fused-ring (bicyclic) bond motifs is 4. The molecule has 1 saturated heterocycles. The van der Waals surface area contributed by atoms with Crippen molar-refractivity contribution in [2.24, 2.45) is 0 Å². The average Bonchev–Trinajstić information content (AvgIpc) is 3.44. The fourth-order valence-corrected chi connectivity index (χ4v) is 4.52. The minimum atomic E-state index is -0.131. The second-order valence-corrected chi connectivity index (χ2v) is 7.95. The highest BCUT2D eigenvalue weighted by Gasteiger charge is 2.35. The third-order valence-corrected chi connectivity index (χ3v) is 6.05. The molecular weight excluding hydrogens is 382 g/mol. The molecule has 7 heteroatoms. The van der Waals surface area contributed by atoms with Gasteiger partial charge in [-0.2, -0.15) is 0 Å². The summed E-state index contributed by atoms with van der Waals surface area (Å²) in [5.41, 5.74) is 3.03. The summed E-state index contributed by atoms with van der Waals surface area (Å²) in [4.78, 5) is 29.6. The fraction of sp³-hybridized carbons (Fsp3) is 0.391. The lowest BCUT2D eigenvalue weighted by atomic mass is 10.1. The summed E-state index contributed by atoms with van der Waals surface area (Å²) < 4.78 is 10.7. The van der Waals surface area contributed by atoms with E-state index in [0.29, 0.717) is 24.9 Å². The lowest BCUT2D eigenvalue weighted by molar-refractivity contribution is -0.125. The molecule has 0 aromatic heterocycles. The molecular formula is C23H25N3O4. The number of rotatable bonds is 5. The van der Waals surface area contributed by atoms with Crippen LogP contribution in [0, 0.1) is 0 Å². The molecule has 0 spiro atoms. The van der Waals surface area contributed by atoms with Gasteiger partial charge >= 0.3 is 0 Å². The zero-order valence-electron chi connectivity index (χ0n) is 16.8. The number of carbonyl (C=O) groups is 2. The van der Waals surface area contributed by atoms with E-state index < -0.39 is 0 Å². The van der Waals surface area contributed by atoms with Crippen molar-refractivity contribution in [1.29, 1.82) is 0 Å². The molecule has 3 aliphatic rings. The van der Waals surface area contributed by atoms with E-state index in [1.165, 1.54) is 0 Å². The van der Waals surface area contributed by atoms with Gasteiger partial charge in [0.1, 0.15) is 0 Å². The van der Waals surface area contributed by atoms with Crippen molar-refractivity contribution in [3.05, 3.63) is 48.0 Å². The number of nitrogens with one attached hydrogen (secondary N) is 1. The van der Waals surface area contributed by atoms with Crippen molar-refractivity contribution in [1.82, 2.24) is 5.32 Å². The summed E-state index contributed by atoms with van der Waals surface area (Å²) in [5.74, 6) is 1.29. The van der Waals surface area contributed by atoms with Gasteiger partial charge in [0.05, 0.1) is 11.4 Å². The van der Waals surface area contributed by atoms with E-state index in [1.54, 1.807) is 0 Å². The number of hydrogen-bond acceptors (Lipinski definition) is 5. The fourth-order valence-electron chi connectivity index (χ4n) is 4.52. The van der Waals surface area contributed by atoms with E-state index in [1.807, 2.05) is 41.3 Å². The van der Waals surface area contributed by atoms with Crippen molar-refractivity contribution < 1.29 is 19.1 Å². The largest absolute Gasteiger partial charge is 0.454 e. The Kier molecular flexibility index (Phi) is 4.94. The third kappa shape index (κ3) is 3.56. The minimum Gasteiger partial charge on any atom is -0.454 e. The van der Waals surface area contributed by atoms with Crippen LogP contribution in [0.3, 0.4) is 0 Å². The predicted molar refractivity (Wildman–Crippen MR) is 113 cm³/mol. The SMILES string of the molecule is O=C(CCC(=O)N1CC2CCCN2c2ccccc21)NCc1ccc2c(c1)OCO2. The van der Waals surface area contributed by atoms with Gasteiger partial charge in [-0.25, -0.2) is 0 Å². The molecule has 3 aliphatic heterocycles. The Bertz CT molecular complexity index is 977. The number of nitrogens with zero attached hydrogens (tertiary/aromatic N) is 2. The van der Waals surface area contributed by atoms with Crippen LogP contribution in [-0.2, 0) is 16.1 Å². The topological polar surface area (TPSA) is 71.1 Å². The van der Waals surface area contributed by atoms with Crippen LogP contribution < -0.4 is 24.6 Å². The minimum absolute atomic E-state index is 0.00669. The number of amides is 2. The maximum Gasteiger partial charge on any atom is 0.231 e. The number of benzene rings is 2. The summed E-state index contributed by atoms with van der Waals surface area (Å²) in [7, 11) is 0. The average molecular weight is 407 g/mol. The van der Waals surface area contributed by atoms with Gasteiger partial charge in [-0.05, 0) is 42.7 Å². The first-order valence-electron chi connectivity index (χ1n) is 10.5. The van der Waals surface area contributed by atoms with E-state index in [9.17, 15) is 9.59 Å². The number of para-hydroxylation sites is 2. The smallest absolute Gasteiger partial charge is 0.231 e. The Morgan fingerprint density at radius 3 is 2.77 bits per heavy atom. The maximum absolute atomic E-state index is 13.0. The van der Waals surface area contributed by atoms with Gasteiger partial charge < -0.3 is 24.6 Å². The van der Waals surface area contributed by atoms with Crippen LogP contribution in [0.4, 0.5) is 11.4 Å². The number of carbonyl (C=O) groups excluding carboxylic acids is 2. The second kappa shape index (κ2) is 7.89. The first-order valence-corrected chi connectivity index (χ1v) is 10.5. The van der Waals surface area contributed by atoms with Crippen LogP contribution in [0.1, 0.15) is 31.2 Å². The maximum atomic E-state index is 13.0. The van der Waals surface area contributed by atoms with Gasteiger partial charge in [0.2, 0.25) is 18.6 Å². The summed E-state index contributed by atoms with van der Waals surface area (Å²) in [6.07, 6.45) is 2.64. The monoisotopic (exact) mass is 407 g/mol. The summed E-state index contributed by atoms with van der Waals surface area (Å²) in [5, 5.41) is 2.89. The molecule has 1 fully saturated rings. The van der Waals surface area contributed by atoms with Gasteiger partial charge in [0, 0.05) is 38.5 Å². The molecule has 156 valence electrons. The summed E-state index contributed by atoms with van der Waals surface area (Å²) >= 11 is 0. The molecule has 5 rings (SSSR count). The Labute approximate surface area is 175 Å². The highest BCUT2D eigenvalue weighted by Crippen LogP contribution is 2.39. The third-order valence-electron chi connectivity index (χ3n) is 6.05. The molecule has 2 aromatic carbocycles. The Morgan fingerprint density at radius 1 is 1.03 bits per heavy atom. The highest BCUT2D eigenvalue weighted by atomic mass is 16.7. The summed E-state index contributed by atoms with van der Waals surface area (Å²) in [6, 6.07) is 14.1. The molecule has 0 aliphatic carbocycles. The van der Waals surface area contributed by atoms with Crippen molar-refractivity contribution >= 4 is 23.2 Å². The molecule has 3 heterocycles. The van der Waals surface area contributed by atoms with Gasteiger partial charge in [0.15, 0.2) is 11.5 Å². The number of ether oxygens (including phenoxy) is 2. The zero-order chi connectivity index (χ0) is 20.5. The molecule has 2 amide bonds. The van der Waals surface area contributed by atoms with Crippen LogP contribution in [0.25, 0.3) is 0 Å². The number of hydrogen-bond donors (Lipinski definition) is 1. The molecule has 2 aromatic rings. The normalized spacial score (nSPS) is 18.7. The Balaban J connectivity index is 1.17. The van der Waals surface area contributed by atoms with Crippen molar-refractivity contribution in [3.63, 3.8) is 0 Å². The van der Waals surface area contributed by atoms with Gasteiger partial charge in [-0.15, -0.1) is 0 Å². The van der Waals surface area contributed by atoms with Crippen molar-refractivity contribution in [3.8, 4) is 11.5 Å². The van der Waals surface area contributed by atoms with Crippen LogP contribution in [0.15, 0.2) is 42.5 Å². The van der Waals surface area contributed by atoms with E-state index >= 15 is 0 Å². The molecule has 1 N–H and O–H groups in total. The lowest BCUT2D eigenvalue weighted by Crippen LogP contribution is -2.48. The highest BCUT2D eigenvalue weighted by molar-refractivity contribution is 5.99. The van der Waals surface area contributed by atoms with E-state index in [-0.39, 0.29) is 31.4 Å². The predicted octanol–water partition coefficient (Wildman–Crippen LogP) is 2.83. The standard InChI is InChI=1S/C23H25N3O4/c27-22(24-13-16-7-8-20-21(12-16)30-15-29-20)9-10-23(28)26-14-17-4-3-11-25(17)18-5-1-2-6-19(18)26/h1-2,5-8,12,17H,3-4,9-11,13-15H2,(H,24,27). The molecule has 30 heavy (non-hydrogen) atoms. The lowest BCUT2D eigenvalue weighted by Gasteiger charge is -2.40. The van der Waals surface area contributed by atoms with Gasteiger partial charge in [0.25, 0.3) is 0 Å². The molecule has 0 saturated carbocycles. The van der Waals surface area contributed by atoms with Gasteiger partial charge in [-0.1, -0.05) is 18.2 Å². The van der Waals surface area contributed by atoms with Crippen molar-refractivity contribution in [2.75, 3.05) is 29.7 Å². The molecule has 7 nitrogen and oxygen atoms in total. The zero-order valence-corrected chi connectivity index (χ0v) is 16.8. The van der Waals surface area contributed by atoms with Crippen LogP contribution >= 0.6 is 0 Å². The first-order chi connectivity index (χ1) is 14.7. The molecule has 1 unspecified atom stereocenters. The van der Waals surface area contributed by atoms with Crippen molar-refractivity contribution in [2.45, 2.75) is 38.3 Å². The van der Waals surface area contributed by atoms with Crippen LogP contribution in [0.2, 0.25) is 0 Å². The summed E-state index contributed by atoms with van der Waals surface area (Å²) in [6.45, 7) is 2.37. The first kappa shape index (κ1) is 18.8. The molecule has 0 bridgehead atoms. The van der Waals surface area contributed by atoms with Crippen LogP contribution in [-0.4, -0.2) is 37.7 Å².